The van der Waals surface area contributed by atoms with Crippen molar-refractivity contribution < 1.29 is 18.8 Å². The molecular formula is C13H16N2O4. The molecular weight excluding hydrogens is 248 g/mol. The van der Waals surface area contributed by atoms with Crippen molar-refractivity contribution >= 4 is 17.8 Å². The number of nitrogens with zero attached hydrogens (tertiary/aromatic N) is 1. The highest BCUT2D eigenvalue weighted by molar-refractivity contribution is 6.16. The molecule has 1 aromatic heterocycles. The minimum absolute atomic E-state index is 0.0476. The smallest absolute Gasteiger partial charge is 0.331 e. The van der Waals surface area contributed by atoms with E-state index in [-0.39, 0.29) is 6.54 Å². The highest BCUT2D eigenvalue weighted by Gasteiger charge is 2.39. The zero-order chi connectivity index (χ0) is 14.0. The highest BCUT2D eigenvalue weighted by Crippen LogP contribution is 2.19. The number of hydrogen-bond donors (Lipinski definition) is 1. The molecule has 1 aromatic rings. The number of hydrogen-bond acceptors (Lipinski definition) is 4. The highest BCUT2D eigenvalue weighted by atomic mass is 16.3. The lowest BCUT2D eigenvalue weighted by molar-refractivity contribution is -0.143. The molecule has 1 atom stereocenters. The maximum atomic E-state index is 12.2. The van der Waals surface area contributed by atoms with Crippen LogP contribution in [0.4, 0.5) is 4.79 Å². The summed E-state index contributed by atoms with van der Waals surface area (Å²) in [6.45, 7) is 3.72. The predicted octanol–water partition coefficient (Wildman–Crippen LogP) is 1.58. The van der Waals surface area contributed by atoms with E-state index in [1.54, 1.807) is 19.1 Å². The van der Waals surface area contributed by atoms with E-state index in [0.29, 0.717) is 24.4 Å². The minimum Gasteiger partial charge on any atom is -0.464 e. The van der Waals surface area contributed by atoms with Crippen molar-refractivity contribution in [3.05, 3.63) is 23.7 Å². The Labute approximate surface area is 110 Å². The van der Waals surface area contributed by atoms with Gasteiger partial charge in [-0.3, -0.25) is 19.8 Å². The Kier molecular flexibility index (Phi) is 3.69. The number of imide groups is 2. The molecule has 0 radical (unpaired) electrons. The summed E-state index contributed by atoms with van der Waals surface area (Å²) in [5, 5.41) is 2.21. The molecule has 6 nitrogen and oxygen atoms in total. The Bertz CT molecular complexity index is 520. The molecule has 0 bridgehead atoms. The topological polar surface area (TPSA) is 79.6 Å². The number of amides is 4. The second-order valence-electron chi connectivity index (χ2n) is 4.57. The van der Waals surface area contributed by atoms with Crippen LogP contribution >= 0.6 is 0 Å². The van der Waals surface area contributed by atoms with Crippen molar-refractivity contribution in [1.29, 1.82) is 0 Å². The zero-order valence-electron chi connectivity index (χ0n) is 10.9. The van der Waals surface area contributed by atoms with Crippen molar-refractivity contribution in [3.8, 4) is 0 Å². The molecule has 0 saturated carbocycles. The fourth-order valence-electron chi connectivity index (χ4n) is 2.08. The van der Waals surface area contributed by atoms with Crippen molar-refractivity contribution in [2.24, 2.45) is 5.92 Å². The Morgan fingerprint density at radius 2 is 2.05 bits per heavy atom. The number of urea groups is 1. The fraction of sp³-hybridized carbons (Fsp3) is 0.462. The van der Waals surface area contributed by atoms with Gasteiger partial charge in [-0.1, -0.05) is 13.3 Å². The molecule has 1 aliphatic rings. The molecule has 6 heteroatoms. The van der Waals surface area contributed by atoms with Crippen LogP contribution in [0.5, 0.6) is 0 Å². The molecule has 1 aliphatic heterocycles. The number of barbiturate groups is 1. The predicted molar refractivity (Wildman–Crippen MR) is 65.9 cm³/mol. The number of nitrogens with one attached hydrogen (secondary N) is 1. The summed E-state index contributed by atoms with van der Waals surface area (Å²) in [6, 6.07) is 2.79. The van der Waals surface area contributed by atoms with Crippen LogP contribution in [0.3, 0.4) is 0 Å². The normalized spacial score (nSPS) is 19.8. The Balaban J connectivity index is 2.16. The molecule has 0 aromatic carbocycles. The summed E-state index contributed by atoms with van der Waals surface area (Å²) in [4.78, 5) is 36.5. The van der Waals surface area contributed by atoms with Gasteiger partial charge in [0.15, 0.2) is 0 Å². The van der Waals surface area contributed by atoms with Gasteiger partial charge in [0.1, 0.15) is 17.4 Å². The molecule has 2 rings (SSSR count). The average Bonchev–Trinajstić information content (AvgIpc) is 2.76. The van der Waals surface area contributed by atoms with E-state index in [1.807, 2.05) is 6.92 Å². The van der Waals surface area contributed by atoms with Crippen LogP contribution in [0.2, 0.25) is 0 Å². The molecule has 1 unspecified atom stereocenters. The third kappa shape index (κ3) is 2.67. The van der Waals surface area contributed by atoms with Crippen LogP contribution in [-0.4, -0.2) is 22.7 Å². The quantitative estimate of drug-likeness (QED) is 0.837. The standard InChI is InChI=1S/C13H16N2O4/c1-3-4-10-11(16)14-13(18)15(12(10)17)7-9-6-5-8(2)19-9/h5-6,10H,3-4,7H2,1-2H3,(H,14,16,18). The summed E-state index contributed by atoms with van der Waals surface area (Å²) in [7, 11) is 0. The number of furan rings is 1. The van der Waals surface area contributed by atoms with Gasteiger partial charge >= 0.3 is 6.03 Å². The van der Waals surface area contributed by atoms with E-state index in [2.05, 4.69) is 5.32 Å². The number of rotatable bonds is 4. The lowest BCUT2D eigenvalue weighted by Gasteiger charge is -2.29. The monoisotopic (exact) mass is 264 g/mol. The van der Waals surface area contributed by atoms with Crippen molar-refractivity contribution in [2.45, 2.75) is 33.2 Å². The van der Waals surface area contributed by atoms with Crippen molar-refractivity contribution in [3.63, 3.8) is 0 Å². The van der Waals surface area contributed by atoms with Crippen LogP contribution in [0.15, 0.2) is 16.5 Å². The zero-order valence-corrected chi connectivity index (χ0v) is 10.9. The summed E-state index contributed by atoms with van der Waals surface area (Å²) < 4.78 is 5.35. The van der Waals surface area contributed by atoms with Crippen LogP contribution in [0, 0.1) is 12.8 Å². The Morgan fingerprint density at radius 1 is 1.32 bits per heavy atom. The van der Waals surface area contributed by atoms with Crippen molar-refractivity contribution in [1.82, 2.24) is 10.2 Å². The van der Waals surface area contributed by atoms with E-state index >= 15 is 0 Å². The first-order chi connectivity index (χ1) is 9.02. The molecule has 1 saturated heterocycles. The van der Waals surface area contributed by atoms with E-state index in [9.17, 15) is 14.4 Å². The minimum atomic E-state index is -0.779. The van der Waals surface area contributed by atoms with Gasteiger partial charge in [-0.25, -0.2) is 4.79 Å². The number of aryl methyl sites for hydroxylation is 1. The SMILES string of the molecule is CCCC1C(=O)NC(=O)N(Cc2ccc(C)o2)C1=O. The largest absolute Gasteiger partial charge is 0.464 e. The molecule has 0 aliphatic carbocycles. The van der Waals surface area contributed by atoms with Crippen LogP contribution in [0.25, 0.3) is 0 Å². The lowest BCUT2D eigenvalue weighted by Crippen LogP contribution is -2.57. The van der Waals surface area contributed by atoms with Crippen molar-refractivity contribution in [2.75, 3.05) is 0 Å². The van der Waals surface area contributed by atoms with E-state index in [1.165, 1.54) is 0 Å². The summed E-state index contributed by atoms with van der Waals surface area (Å²) in [5.41, 5.74) is 0. The first kappa shape index (κ1) is 13.3. The lowest BCUT2D eigenvalue weighted by atomic mass is 9.99. The molecule has 4 amide bonds. The Hall–Kier alpha value is -2.11. The number of carbonyl (C=O) groups excluding carboxylic acids is 3. The third-order valence-corrected chi connectivity index (χ3v) is 3.04. The van der Waals surface area contributed by atoms with Crippen LogP contribution in [-0.2, 0) is 16.1 Å². The molecule has 19 heavy (non-hydrogen) atoms. The average molecular weight is 264 g/mol. The van der Waals surface area contributed by atoms with Gasteiger partial charge in [-0.15, -0.1) is 0 Å². The fourth-order valence-corrected chi connectivity index (χ4v) is 2.08. The first-order valence-electron chi connectivity index (χ1n) is 6.24. The molecule has 1 N–H and O–H groups in total. The third-order valence-electron chi connectivity index (χ3n) is 3.04. The van der Waals surface area contributed by atoms with Gasteiger partial charge in [-0.2, -0.15) is 0 Å². The molecule has 0 spiro atoms. The van der Waals surface area contributed by atoms with Gasteiger partial charge < -0.3 is 4.42 Å². The second-order valence-corrected chi connectivity index (χ2v) is 4.57. The maximum Gasteiger partial charge on any atom is 0.331 e. The van der Waals surface area contributed by atoms with Crippen LogP contribution < -0.4 is 5.32 Å². The Morgan fingerprint density at radius 3 is 2.63 bits per heavy atom. The molecule has 102 valence electrons. The number of carbonyl (C=O) groups is 3. The molecule has 2 heterocycles. The summed E-state index contributed by atoms with van der Waals surface area (Å²) in [5.74, 6) is -0.515. The van der Waals surface area contributed by atoms with Gasteiger partial charge in [0.05, 0.1) is 6.54 Å². The van der Waals surface area contributed by atoms with Crippen LogP contribution in [0.1, 0.15) is 31.3 Å². The summed E-state index contributed by atoms with van der Waals surface area (Å²) in [6.07, 6.45) is 1.14. The maximum absolute atomic E-state index is 12.2. The van der Waals surface area contributed by atoms with E-state index < -0.39 is 23.8 Å². The van der Waals surface area contributed by atoms with Gasteiger partial charge in [-0.05, 0) is 25.5 Å². The first-order valence-corrected chi connectivity index (χ1v) is 6.24. The van der Waals surface area contributed by atoms with Gasteiger partial charge in [0, 0.05) is 0 Å². The van der Waals surface area contributed by atoms with Gasteiger partial charge in [0.2, 0.25) is 11.8 Å². The summed E-state index contributed by atoms with van der Waals surface area (Å²) >= 11 is 0. The van der Waals surface area contributed by atoms with Gasteiger partial charge in [0.25, 0.3) is 0 Å². The van der Waals surface area contributed by atoms with E-state index in [0.717, 1.165) is 4.90 Å². The van der Waals surface area contributed by atoms with E-state index in [4.69, 9.17) is 4.42 Å². The second kappa shape index (κ2) is 5.26. The molecule has 1 fully saturated rings.